The lowest BCUT2D eigenvalue weighted by Crippen LogP contribution is -2.20. The molecule has 0 saturated heterocycles. The van der Waals surface area contributed by atoms with Gasteiger partial charge in [0.15, 0.2) is 6.79 Å². The smallest absolute Gasteiger partial charge is 0.305 e. The van der Waals surface area contributed by atoms with Crippen molar-refractivity contribution in [1.29, 1.82) is 0 Å². The predicted octanol–water partition coefficient (Wildman–Crippen LogP) is 1.17. The predicted molar refractivity (Wildman–Crippen MR) is 55.9 cm³/mol. The summed E-state index contributed by atoms with van der Waals surface area (Å²) < 4.78 is 23.6. The van der Waals surface area contributed by atoms with Crippen LogP contribution in [0.1, 0.15) is 23.6 Å². The SMILES string of the molecule is NC(CC(=O)O)c1cc(F)cc2c1OCOC2. The maximum atomic E-state index is 13.3. The highest BCUT2D eigenvalue weighted by Gasteiger charge is 2.22. The van der Waals surface area contributed by atoms with Crippen molar-refractivity contribution in [3.63, 3.8) is 0 Å². The van der Waals surface area contributed by atoms with Gasteiger partial charge in [0.25, 0.3) is 0 Å². The van der Waals surface area contributed by atoms with Crippen LogP contribution < -0.4 is 10.5 Å². The Balaban J connectivity index is 2.38. The van der Waals surface area contributed by atoms with Crippen LogP contribution in [0.25, 0.3) is 0 Å². The van der Waals surface area contributed by atoms with Crippen LogP contribution in [0.2, 0.25) is 0 Å². The highest BCUT2D eigenvalue weighted by atomic mass is 19.1. The minimum absolute atomic E-state index is 0.0609. The Bertz CT molecular complexity index is 449. The van der Waals surface area contributed by atoms with E-state index in [1.807, 2.05) is 0 Å². The number of rotatable bonds is 3. The summed E-state index contributed by atoms with van der Waals surface area (Å²) in [6.45, 7) is 0.297. The molecule has 1 heterocycles. The number of aliphatic carboxylic acids is 1. The number of benzene rings is 1. The topological polar surface area (TPSA) is 81.8 Å². The number of carboxylic acid groups (broad SMARTS) is 1. The van der Waals surface area contributed by atoms with Crippen LogP contribution in [0.15, 0.2) is 12.1 Å². The molecule has 0 radical (unpaired) electrons. The van der Waals surface area contributed by atoms with Gasteiger partial charge in [-0.3, -0.25) is 4.79 Å². The van der Waals surface area contributed by atoms with E-state index in [0.717, 1.165) is 0 Å². The van der Waals surface area contributed by atoms with Crippen molar-refractivity contribution < 1.29 is 23.8 Å². The summed E-state index contributed by atoms with van der Waals surface area (Å²) in [4.78, 5) is 10.6. The molecular formula is C11H12FNO4. The fourth-order valence-electron chi connectivity index (χ4n) is 1.78. The summed E-state index contributed by atoms with van der Waals surface area (Å²) in [5, 5.41) is 8.68. The van der Waals surface area contributed by atoms with Gasteiger partial charge in [-0.25, -0.2) is 4.39 Å². The second kappa shape index (κ2) is 4.68. The first-order chi connectivity index (χ1) is 8.08. The van der Waals surface area contributed by atoms with Crippen LogP contribution >= 0.6 is 0 Å². The summed E-state index contributed by atoms with van der Waals surface area (Å²) >= 11 is 0. The Hall–Kier alpha value is -1.66. The molecule has 92 valence electrons. The van der Waals surface area contributed by atoms with E-state index in [4.69, 9.17) is 20.3 Å². The molecule has 0 aliphatic carbocycles. The molecule has 1 atom stereocenters. The zero-order chi connectivity index (χ0) is 12.4. The summed E-state index contributed by atoms with van der Waals surface area (Å²) in [6, 6.07) is 1.71. The number of halogens is 1. The number of fused-ring (bicyclic) bond motifs is 1. The minimum Gasteiger partial charge on any atom is -0.481 e. The largest absolute Gasteiger partial charge is 0.481 e. The third-order valence-electron chi connectivity index (χ3n) is 2.50. The van der Waals surface area contributed by atoms with E-state index in [1.165, 1.54) is 12.1 Å². The van der Waals surface area contributed by atoms with Crippen molar-refractivity contribution in [1.82, 2.24) is 0 Å². The number of nitrogens with two attached hydrogens (primary N) is 1. The molecule has 0 amide bonds. The quantitative estimate of drug-likeness (QED) is 0.830. The number of ether oxygens (including phenoxy) is 2. The van der Waals surface area contributed by atoms with Gasteiger partial charge in [-0.1, -0.05) is 0 Å². The molecule has 3 N–H and O–H groups in total. The lowest BCUT2D eigenvalue weighted by molar-refractivity contribution is -0.137. The summed E-state index contributed by atoms with van der Waals surface area (Å²) in [5.74, 6) is -1.08. The van der Waals surface area contributed by atoms with E-state index < -0.39 is 17.8 Å². The van der Waals surface area contributed by atoms with Gasteiger partial charge in [-0.2, -0.15) is 0 Å². The maximum Gasteiger partial charge on any atom is 0.305 e. The molecule has 1 aromatic carbocycles. The first kappa shape index (κ1) is 11.8. The van der Waals surface area contributed by atoms with Gasteiger partial charge in [-0.15, -0.1) is 0 Å². The average molecular weight is 241 g/mol. The van der Waals surface area contributed by atoms with E-state index in [2.05, 4.69) is 0 Å². The molecule has 17 heavy (non-hydrogen) atoms. The van der Waals surface area contributed by atoms with Crippen LogP contribution in [0.4, 0.5) is 4.39 Å². The van der Waals surface area contributed by atoms with Crippen molar-refractivity contribution in [2.75, 3.05) is 6.79 Å². The van der Waals surface area contributed by atoms with Crippen LogP contribution in [0, 0.1) is 5.82 Å². The second-order valence-corrected chi connectivity index (χ2v) is 3.80. The fourth-order valence-corrected chi connectivity index (χ4v) is 1.78. The van der Waals surface area contributed by atoms with Gasteiger partial charge in [0.2, 0.25) is 0 Å². The van der Waals surface area contributed by atoms with Crippen LogP contribution in [0.5, 0.6) is 5.75 Å². The van der Waals surface area contributed by atoms with Crippen molar-refractivity contribution in [2.45, 2.75) is 19.1 Å². The van der Waals surface area contributed by atoms with Crippen molar-refractivity contribution in [3.8, 4) is 5.75 Å². The number of carboxylic acids is 1. The average Bonchev–Trinajstić information content (AvgIpc) is 2.26. The molecule has 0 fully saturated rings. The molecule has 5 nitrogen and oxygen atoms in total. The van der Waals surface area contributed by atoms with Gasteiger partial charge in [0.1, 0.15) is 11.6 Å². The fraction of sp³-hybridized carbons (Fsp3) is 0.364. The molecule has 1 aliphatic rings. The lowest BCUT2D eigenvalue weighted by Gasteiger charge is -2.23. The number of hydrogen-bond acceptors (Lipinski definition) is 4. The molecule has 0 saturated carbocycles. The summed E-state index contributed by atoms with van der Waals surface area (Å²) in [6.07, 6.45) is -0.278. The Labute approximate surface area is 96.9 Å². The van der Waals surface area contributed by atoms with Gasteiger partial charge in [0, 0.05) is 17.2 Å². The number of carbonyl (C=O) groups is 1. The summed E-state index contributed by atoms with van der Waals surface area (Å²) in [5.41, 5.74) is 6.64. The first-order valence-corrected chi connectivity index (χ1v) is 5.08. The van der Waals surface area contributed by atoms with Crippen molar-refractivity contribution in [2.24, 2.45) is 5.73 Å². The third kappa shape index (κ3) is 2.54. The molecule has 6 heteroatoms. The van der Waals surface area contributed by atoms with Crippen LogP contribution in [-0.2, 0) is 16.1 Å². The van der Waals surface area contributed by atoms with Crippen molar-refractivity contribution >= 4 is 5.97 Å². The maximum absolute atomic E-state index is 13.3. The van der Waals surface area contributed by atoms with E-state index in [1.54, 1.807) is 0 Å². The van der Waals surface area contributed by atoms with Crippen LogP contribution in [-0.4, -0.2) is 17.9 Å². The van der Waals surface area contributed by atoms with Gasteiger partial charge in [0.05, 0.1) is 13.0 Å². The third-order valence-corrected chi connectivity index (χ3v) is 2.50. The Morgan fingerprint density at radius 2 is 2.35 bits per heavy atom. The van der Waals surface area contributed by atoms with Crippen LogP contribution in [0.3, 0.4) is 0 Å². The second-order valence-electron chi connectivity index (χ2n) is 3.80. The molecule has 0 bridgehead atoms. The molecule has 1 aliphatic heterocycles. The molecule has 0 spiro atoms. The van der Waals surface area contributed by atoms with E-state index in [9.17, 15) is 9.18 Å². The summed E-state index contributed by atoms with van der Waals surface area (Å²) in [7, 11) is 0. The Kier molecular flexibility index (Phi) is 3.26. The van der Waals surface area contributed by atoms with Crippen molar-refractivity contribution in [3.05, 3.63) is 29.1 Å². The Morgan fingerprint density at radius 3 is 3.06 bits per heavy atom. The molecule has 1 aromatic rings. The standard InChI is InChI=1S/C11H12FNO4/c12-7-1-6-4-16-5-17-11(6)8(2-7)9(13)3-10(14)15/h1-2,9H,3-5,13H2,(H,14,15). The van der Waals surface area contributed by atoms with Gasteiger partial charge in [-0.05, 0) is 12.1 Å². The van der Waals surface area contributed by atoms with E-state index in [-0.39, 0.29) is 19.8 Å². The highest BCUT2D eigenvalue weighted by molar-refractivity contribution is 5.68. The zero-order valence-electron chi connectivity index (χ0n) is 8.98. The highest BCUT2D eigenvalue weighted by Crippen LogP contribution is 2.33. The monoisotopic (exact) mass is 241 g/mol. The van der Waals surface area contributed by atoms with E-state index >= 15 is 0 Å². The minimum atomic E-state index is -1.04. The molecular weight excluding hydrogens is 229 g/mol. The molecule has 0 aromatic heterocycles. The first-order valence-electron chi connectivity index (χ1n) is 5.08. The number of hydrogen-bond donors (Lipinski definition) is 2. The normalized spacial score (nSPS) is 15.9. The van der Waals surface area contributed by atoms with Gasteiger partial charge >= 0.3 is 5.97 Å². The van der Waals surface area contributed by atoms with Gasteiger partial charge < -0.3 is 20.3 Å². The zero-order valence-corrected chi connectivity index (χ0v) is 8.98. The molecule has 1 unspecified atom stereocenters. The lowest BCUT2D eigenvalue weighted by atomic mass is 10.00. The molecule has 2 rings (SSSR count). The van der Waals surface area contributed by atoms with E-state index in [0.29, 0.717) is 16.9 Å². The Morgan fingerprint density at radius 1 is 1.59 bits per heavy atom.